The Bertz CT molecular complexity index is 377. The van der Waals surface area contributed by atoms with Crippen molar-refractivity contribution < 1.29 is 4.79 Å². The Balaban J connectivity index is 2.64. The summed E-state index contributed by atoms with van der Waals surface area (Å²) in [7, 11) is 0. The minimum atomic E-state index is -0.0119. The lowest BCUT2D eigenvalue weighted by molar-refractivity contribution is -0.116. The van der Waals surface area contributed by atoms with E-state index in [4.69, 9.17) is 0 Å². The first-order valence-corrected chi connectivity index (χ1v) is 5.46. The number of rotatable bonds is 4. The molecular formula is C11H13BrN2O. The second-order valence-electron chi connectivity index (χ2n) is 3.14. The molecule has 0 aliphatic rings. The maximum Gasteiger partial charge on any atom is 0.224 e. The Kier molecular flexibility index (Phi) is 4.49. The van der Waals surface area contributed by atoms with Crippen LogP contribution in [0, 0.1) is 6.92 Å². The first-order chi connectivity index (χ1) is 7.13. The van der Waals surface area contributed by atoms with E-state index in [0.29, 0.717) is 12.8 Å². The molecule has 0 aliphatic heterocycles. The fraction of sp³-hybridized carbons (Fsp3) is 0.273. The fourth-order valence-corrected chi connectivity index (χ4v) is 1.51. The summed E-state index contributed by atoms with van der Waals surface area (Å²) in [6.07, 6.45) is 2.88. The Morgan fingerprint density at radius 3 is 3.00 bits per heavy atom. The smallest absolute Gasteiger partial charge is 0.224 e. The van der Waals surface area contributed by atoms with Gasteiger partial charge in [0.05, 0.1) is 11.4 Å². The zero-order valence-electron chi connectivity index (χ0n) is 8.59. The van der Waals surface area contributed by atoms with Crippen molar-refractivity contribution in [2.75, 3.05) is 5.32 Å². The van der Waals surface area contributed by atoms with E-state index >= 15 is 0 Å². The van der Waals surface area contributed by atoms with Gasteiger partial charge < -0.3 is 5.32 Å². The second kappa shape index (κ2) is 5.66. The van der Waals surface area contributed by atoms with Gasteiger partial charge in [0.1, 0.15) is 4.60 Å². The quantitative estimate of drug-likeness (QED) is 0.674. The predicted molar refractivity (Wildman–Crippen MR) is 64.7 cm³/mol. The molecule has 0 fully saturated rings. The van der Waals surface area contributed by atoms with Crippen LogP contribution in [0.2, 0.25) is 0 Å². The van der Waals surface area contributed by atoms with E-state index in [0.717, 1.165) is 16.0 Å². The molecule has 0 spiro atoms. The molecule has 1 amide bonds. The summed E-state index contributed by atoms with van der Waals surface area (Å²) in [6, 6.07) is 3.63. The summed E-state index contributed by atoms with van der Waals surface area (Å²) in [5, 5.41) is 2.80. The van der Waals surface area contributed by atoms with Gasteiger partial charge in [-0.3, -0.25) is 4.79 Å². The molecular weight excluding hydrogens is 256 g/mol. The van der Waals surface area contributed by atoms with Crippen LogP contribution in [0.3, 0.4) is 0 Å². The number of nitrogens with zero attached hydrogens (tertiary/aromatic N) is 1. The molecule has 0 aromatic carbocycles. The van der Waals surface area contributed by atoms with Gasteiger partial charge in [0, 0.05) is 6.42 Å². The molecule has 0 saturated heterocycles. The number of aryl methyl sites for hydroxylation is 1. The van der Waals surface area contributed by atoms with E-state index in [1.54, 1.807) is 12.1 Å². The zero-order chi connectivity index (χ0) is 11.3. The van der Waals surface area contributed by atoms with Crippen molar-refractivity contribution in [3.63, 3.8) is 0 Å². The molecule has 1 N–H and O–H groups in total. The lowest BCUT2D eigenvalue weighted by Crippen LogP contribution is -2.12. The number of allylic oxidation sites excluding steroid dienone is 1. The number of aromatic nitrogens is 1. The maximum atomic E-state index is 11.4. The molecule has 1 rings (SSSR count). The van der Waals surface area contributed by atoms with Crippen LogP contribution in [0.25, 0.3) is 0 Å². The lowest BCUT2D eigenvalue weighted by Gasteiger charge is -2.06. The molecule has 1 aromatic heterocycles. The molecule has 0 aliphatic carbocycles. The largest absolute Gasteiger partial charge is 0.324 e. The summed E-state index contributed by atoms with van der Waals surface area (Å²) in [6.45, 7) is 5.43. The van der Waals surface area contributed by atoms with E-state index in [9.17, 15) is 4.79 Å². The third-order valence-electron chi connectivity index (χ3n) is 1.90. The number of amides is 1. The van der Waals surface area contributed by atoms with E-state index < -0.39 is 0 Å². The van der Waals surface area contributed by atoms with Gasteiger partial charge >= 0.3 is 0 Å². The Morgan fingerprint density at radius 1 is 1.67 bits per heavy atom. The molecule has 1 heterocycles. The molecule has 4 heteroatoms. The summed E-state index contributed by atoms with van der Waals surface area (Å²) in [5.41, 5.74) is 1.56. The molecule has 0 saturated carbocycles. The number of pyridine rings is 1. The average molecular weight is 269 g/mol. The third kappa shape index (κ3) is 3.83. The standard InChI is InChI=1S/C11H13BrN2O/c1-3-4-5-11(15)14-9-6-7-10(12)13-8(9)2/h3,6-7H,1,4-5H2,2H3,(H,14,15). The first-order valence-electron chi connectivity index (χ1n) is 4.67. The molecule has 3 nitrogen and oxygen atoms in total. The number of hydrogen-bond acceptors (Lipinski definition) is 2. The van der Waals surface area contributed by atoms with Crippen LogP contribution in [0.4, 0.5) is 5.69 Å². The minimum absolute atomic E-state index is 0.0119. The lowest BCUT2D eigenvalue weighted by atomic mass is 10.2. The minimum Gasteiger partial charge on any atom is -0.324 e. The van der Waals surface area contributed by atoms with Crippen molar-refractivity contribution in [3.05, 3.63) is 35.1 Å². The predicted octanol–water partition coefficient (Wildman–Crippen LogP) is 3.06. The highest BCUT2D eigenvalue weighted by atomic mass is 79.9. The van der Waals surface area contributed by atoms with Crippen LogP contribution < -0.4 is 5.32 Å². The van der Waals surface area contributed by atoms with E-state index in [1.165, 1.54) is 0 Å². The van der Waals surface area contributed by atoms with Gasteiger partial charge in [0.15, 0.2) is 0 Å². The Morgan fingerprint density at radius 2 is 2.40 bits per heavy atom. The first kappa shape index (κ1) is 11.9. The van der Waals surface area contributed by atoms with Gasteiger partial charge in [0.2, 0.25) is 5.91 Å². The van der Waals surface area contributed by atoms with Crippen LogP contribution in [-0.4, -0.2) is 10.9 Å². The van der Waals surface area contributed by atoms with Crippen molar-refractivity contribution in [2.24, 2.45) is 0 Å². The van der Waals surface area contributed by atoms with Crippen LogP contribution in [0.5, 0.6) is 0 Å². The van der Waals surface area contributed by atoms with Gasteiger partial charge in [-0.15, -0.1) is 6.58 Å². The molecule has 0 unspecified atom stereocenters. The average Bonchev–Trinajstić information content (AvgIpc) is 2.19. The summed E-state index contributed by atoms with van der Waals surface area (Å²) >= 11 is 3.27. The summed E-state index contributed by atoms with van der Waals surface area (Å²) < 4.78 is 0.768. The number of nitrogens with one attached hydrogen (secondary N) is 1. The number of anilines is 1. The fourth-order valence-electron chi connectivity index (χ4n) is 1.11. The van der Waals surface area contributed by atoms with Gasteiger partial charge in [-0.25, -0.2) is 4.98 Å². The van der Waals surface area contributed by atoms with Gasteiger partial charge in [-0.05, 0) is 41.4 Å². The normalized spacial score (nSPS) is 9.73. The van der Waals surface area contributed by atoms with E-state index in [1.807, 2.05) is 13.0 Å². The highest BCUT2D eigenvalue weighted by Crippen LogP contribution is 2.16. The summed E-state index contributed by atoms with van der Waals surface area (Å²) in [5.74, 6) is -0.0119. The van der Waals surface area contributed by atoms with Crippen LogP contribution in [-0.2, 0) is 4.79 Å². The number of hydrogen-bond donors (Lipinski definition) is 1. The number of carbonyl (C=O) groups is 1. The summed E-state index contributed by atoms with van der Waals surface area (Å²) in [4.78, 5) is 15.6. The maximum absolute atomic E-state index is 11.4. The van der Waals surface area contributed by atoms with Gasteiger partial charge in [-0.1, -0.05) is 6.08 Å². The Labute approximate surface area is 97.7 Å². The SMILES string of the molecule is C=CCCC(=O)Nc1ccc(Br)nc1C. The molecule has 0 atom stereocenters. The number of halogens is 1. The monoisotopic (exact) mass is 268 g/mol. The van der Waals surface area contributed by atoms with Crippen molar-refractivity contribution in [3.8, 4) is 0 Å². The highest BCUT2D eigenvalue weighted by molar-refractivity contribution is 9.10. The van der Waals surface area contributed by atoms with Gasteiger partial charge in [0.25, 0.3) is 0 Å². The third-order valence-corrected chi connectivity index (χ3v) is 2.34. The number of carbonyl (C=O) groups excluding carboxylic acids is 1. The van der Waals surface area contributed by atoms with Crippen molar-refractivity contribution >= 4 is 27.5 Å². The molecule has 0 radical (unpaired) electrons. The van der Waals surface area contributed by atoms with Crippen LogP contribution in [0.15, 0.2) is 29.4 Å². The molecule has 1 aromatic rings. The second-order valence-corrected chi connectivity index (χ2v) is 3.95. The van der Waals surface area contributed by atoms with Crippen molar-refractivity contribution in [1.29, 1.82) is 0 Å². The molecule has 80 valence electrons. The van der Waals surface area contributed by atoms with E-state index in [2.05, 4.69) is 32.8 Å². The topological polar surface area (TPSA) is 42.0 Å². The van der Waals surface area contributed by atoms with Crippen molar-refractivity contribution in [2.45, 2.75) is 19.8 Å². The molecule has 15 heavy (non-hydrogen) atoms. The van der Waals surface area contributed by atoms with Crippen LogP contribution >= 0.6 is 15.9 Å². The Hall–Kier alpha value is -1.16. The highest BCUT2D eigenvalue weighted by Gasteiger charge is 2.04. The van der Waals surface area contributed by atoms with Gasteiger partial charge in [-0.2, -0.15) is 0 Å². The zero-order valence-corrected chi connectivity index (χ0v) is 10.2. The van der Waals surface area contributed by atoms with Crippen molar-refractivity contribution in [1.82, 2.24) is 4.98 Å². The van der Waals surface area contributed by atoms with E-state index in [-0.39, 0.29) is 5.91 Å². The molecule has 0 bridgehead atoms. The van der Waals surface area contributed by atoms with Crippen LogP contribution in [0.1, 0.15) is 18.5 Å².